The van der Waals surface area contributed by atoms with E-state index in [0.29, 0.717) is 12.3 Å². The average Bonchev–Trinajstić information content (AvgIpc) is 2.73. The van der Waals surface area contributed by atoms with Crippen LogP contribution in [0.1, 0.15) is 106 Å². The number of carboxylic acid groups (broad SMARTS) is 1. The first-order valence-electron chi connectivity index (χ1n) is 13.7. The van der Waals surface area contributed by atoms with Gasteiger partial charge in [-0.3, -0.25) is 9.59 Å². The van der Waals surface area contributed by atoms with E-state index < -0.39 is 11.4 Å². The molecule has 0 aromatic rings. The summed E-state index contributed by atoms with van der Waals surface area (Å²) in [5, 5.41) is 20.9. The minimum Gasteiger partial charge on any atom is -0.481 e. The van der Waals surface area contributed by atoms with Gasteiger partial charge in [0.1, 0.15) is 0 Å². The van der Waals surface area contributed by atoms with Gasteiger partial charge in [-0.1, -0.05) is 47.1 Å². The Bertz CT molecular complexity index is 965. The minimum atomic E-state index is -0.711. The van der Waals surface area contributed by atoms with Crippen molar-refractivity contribution in [2.75, 3.05) is 0 Å². The first kappa shape index (κ1) is 24.5. The molecule has 5 rings (SSSR count). The zero-order chi connectivity index (χ0) is 25.1. The zero-order valence-corrected chi connectivity index (χ0v) is 22.5. The summed E-state index contributed by atoms with van der Waals surface area (Å²) < 4.78 is 0. The predicted molar refractivity (Wildman–Crippen MR) is 133 cm³/mol. The Morgan fingerprint density at radius 1 is 0.912 bits per heavy atom. The number of fused-ring (bicyclic) bond motifs is 7. The van der Waals surface area contributed by atoms with Crippen molar-refractivity contribution in [2.24, 2.45) is 50.2 Å². The molecule has 190 valence electrons. The average molecular weight is 471 g/mol. The molecule has 34 heavy (non-hydrogen) atoms. The molecule has 9 atom stereocenters. The lowest BCUT2D eigenvalue weighted by atomic mass is 9.33. The van der Waals surface area contributed by atoms with Gasteiger partial charge in [-0.15, -0.1) is 0 Å². The Morgan fingerprint density at radius 2 is 1.56 bits per heavy atom. The number of carboxylic acids is 1. The monoisotopic (exact) mass is 470 g/mol. The lowest BCUT2D eigenvalue weighted by Gasteiger charge is -2.70. The fourth-order valence-electron chi connectivity index (χ4n) is 10.4. The second-order valence-corrected chi connectivity index (χ2v) is 14.9. The van der Waals surface area contributed by atoms with Gasteiger partial charge >= 0.3 is 5.97 Å². The molecule has 0 unspecified atom stereocenters. The summed E-state index contributed by atoms with van der Waals surface area (Å²) in [6.45, 7) is 15.8. The molecule has 4 nitrogen and oxygen atoms in total. The van der Waals surface area contributed by atoms with Crippen LogP contribution >= 0.6 is 0 Å². The molecule has 5 aliphatic rings. The predicted octanol–water partition coefficient (Wildman–Crippen LogP) is 6.41. The third-order valence-electron chi connectivity index (χ3n) is 13.1. The highest BCUT2D eigenvalue weighted by Gasteiger charge is 2.70. The first-order valence-corrected chi connectivity index (χ1v) is 13.7. The van der Waals surface area contributed by atoms with Crippen LogP contribution in [0, 0.1) is 50.2 Å². The molecule has 4 heteroatoms. The molecule has 0 amide bonds. The lowest BCUT2D eigenvalue weighted by molar-refractivity contribution is -0.202. The van der Waals surface area contributed by atoms with E-state index in [1.165, 1.54) is 5.57 Å². The molecule has 0 aromatic carbocycles. The largest absolute Gasteiger partial charge is 0.481 e. The van der Waals surface area contributed by atoms with Gasteiger partial charge in [0, 0.05) is 5.92 Å². The Balaban J connectivity index is 1.62. The van der Waals surface area contributed by atoms with Crippen LogP contribution in [0.5, 0.6) is 0 Å². The highest BCUT2D eigenvalue weighted by molar-refractivity contribution is 5.95. The Labute approximate surface area is 206 Å². The Hall–Kier alpha value is -1.16. The van der Waals surface area contributed by atoms with Crippen molar-refractivity contribution < 1.29 is 19.8 Å². The molecular formula is C30H46O4. The van der Waals surface area contributed by atoms with E-state index in [0.717, 1.165) is 51.4 Å². The van der Waals surface area contributed by atoms with Gasteiger partial charge < -0.3 is 10.2 Å². The quantitative estimate of drug-likeness (QED) is 0.464. The Morgan fingerprint density at radius 3 is 2.21 bits per heavy atom. The number of carbonyl (C=O) groups excluding carboxylic acids is 1. The van der Waals surface area contributed by atoms with Crippen LogP contribution in [-0.4, -0.2) is 28.1 Å². The summed E-state index contributed by atoms with van der Waals surface area (Å²) in [7, 11) is 0. The highest BCUT2D eigenvalue weighted by atomic mass is 16.4. The Kier molecular flexibility index (Phi) is 5.04. The summed E-state index contributed by atoms with van der Waals surface area (Å²) in [4.78, 5) is 26.4. The molecule has 5 aliphatic carbocycles. The van der Waals surface area contributed by atoms with E-state index in [1.54, 1.807) is 0 Å². The molecule has 2 N–H and O–H groups in total. The van der Waals surface area contributed by atoms with Crippen LogP contribution in [0.4, 0.5) is 0 Å². The van der Waals surface area contributed by atoms with Gasteiger partial charge in [0.25, 0.3) is 0 Å². The van der Waals surface area contributed by atoms with E-state index in [1.807, 2.05) is 13.0 Å². The van der Waals surface area contributed by atoms with Crippen molar-refractivity contribution in [3.8, 4) is 0 Å². The number of aliphatic hydroxyl groups is 1. The zero-order valence-electron chi connectivity index (χ0n) is 22.5. The third kappa shape index (κ3) is 2.81. The minimum absolute atomic E-state index is 0.0296. The van der Waals surface area contributed by atoms with Crippen LogP contribution in [0.25, 0.3) is 0 Å². The topological polar surface area (TPSA) is 74.6 Å². The fourth-order valence-corrected chi connectivity index (χ4v) is 10.4. The molecule has 0 heterocycles. The van der Waals surface area contributed by atoms with Gasteiger partial charge in [-0.2, -0.15) is 0 Å². The van der Waals surface area contributed by atoms with Crippen LogP contribution in [0.3, 0.4) is 0 Å². The van der Waals surface area contributed by atoms with Crippen LogP contribution in [0.2, 0.25) is 0 Å². The SMILES string of the molecule is CC1(C)[C@@H](O)CC[C@@]2(C)[C@H]3C(=O)C=C4[C@H]5C[C@@](C)(C(=O)O)CC[C@]5(C)CC[C@@]4(C)[C@@]3(C)CC[C@@H]12. The van der Waals surface area contributed by atoms with Crippen molar-refractivity contribution >= 4 is 11.8 Å². The molecule has 4 saturated carbocycles. The van der Waals surface area contributed by atoms with Crippen LogP contribution in [-0.2, 0) is 9.59 Å². The third-order valence-corrected chi connectivity index (χ3v) is 13.1. The summed E-state index contributed by atoms with van der Waals surface area (Å²) >= 11 is 0. The summed E-state index contributed by atoms with van der Waals surface area (Å²) in [5.41, 5.74) is 0.142. The van der Waals surface area contributed by atoms with Gasteiger partial charge in [0.05, 0.1) is 11.5 Å². The van der Waals surface area contributed by atoms with E-state index in [2.05, 4.69) is 41.5 Å². The van der Waals surface area contributed by atoms with Crippen molar-refractivity contribution in [3.05, 3.63) is 11.6 Å². The maximum absolute atomic E-state index is 14.2. The van der Waals surface area contributed by atoms with Crippen molar-refractivity contribution in [1.29, 1.82) is 0 Å². The van der Waals surface area contributed by atoms with Crippen LogP contribution < -0.4 is 0 Å². The second kappa shape index (κ2) is 6.99. The van der Waals surface area contributed by atoms with Crippen molar-refractivity contribution in [3.63, 3.8) is 0 Å². The molecule has 0 aliphatic heterocycles. The first-order chi connectivity index (χ1) is 15.6. The lowest BCUT2D eigenvalue weighted by Crippen LogP contribution is -2.66. The highest BCUT2D eigenvalue weighted by Crippen LogP contribution is 2.75. The van der Waals surface area contributed by atoms with E-state index in [-0.39, 0.29) is 50.8 Å². The number of hydrogen-bond acceptors (Lipinski definition) is 3. The molecule has 0 aromatic heterocycles. The van der Waals surface area contributed by atoms with Crippen LogP contribution in [0.15, 0.2) is 11.6 Å². The summed E-state index contributed by atoms with van der Waals surface area (Å²) in [6.07, 6.45) is 9.95. The number of aliphatic hydroxyl groups excluding tert-OH is 1. The molecular weight excluding hydrogens is 424 g/mol. The van der Waals surface area contributed by atoms with Gasteiger partial charge in [-0.25, -0.2) is 0 Å². The second-order valence-electron chi connectivity index (χ2n) is 14.9. The van der Waals surface area contributed by atoms with Crippen molar-refractivity contribution in [2.45, 2.75) is 112 Å². The molecule has 0 saturated heterocycles. The van der Waals surface area contributed by atoms with E-state index in [4.69, 9.17) is 0 Å². The molecule has 0 bridgehead atoms. The molecule has 4 fully saturated rings. The number of ketones is 1. The van der Waals surface area contributed by atoms with E-state index >= 15 is 0 Å². The number of carbonyl (C=O) groups is 2. The van der Waals surface area contributed by atoms with E-state index in [9.17, 15) is 19.8 Å². The molecule has 0 spiro atoms. The number of allylic oxidation sites excluding steroid dienone is 2. The van der Waals surface area contributed by atoms with Gasteiger partial charge in [0.15, 0.2) is 5.78 Å². The van der Waals surface area contributed by atoms with Gasteiger partial charge in [0.2, 0.25) is 0 Å². The number of aliphatic carboxylic acids is 1. The smallest absolute Gasteiger partial charge is 0.309 e. The van der Waals surface area contributed by atoms with Crippen molar-refractivity contribution in [1.82, 2.24) is 0 Å². The maximum atomic E-state index is 14.2. The number of rotatable bonds is 1. The standard InChI is InChI=1S/C30H46O4/c1-25(2)21-8-11-30(7)23(28(21,5)10-9-22(25)32)20(31)16-18-19-17-27(4,24(33)34)13-12-26(19,3)14-15-29(18,30)6/h16,19,21-23,32H,8-15,17H2,1-7H3,(H,33,34)/t19-,21+,22+,23-,26-,27+,28-,29-,30+/m1/s1. The normalized spacial score (nSPS) is 54.1. The number of hydrogen-bond donors (Lipinski definition) is 2. The summed E-state index contributed by atoms with van der Waals surface area (Å²) in [5.74, 6) is 0.0603. The van der Waals surface area contributed by atoms with Gasteiger partial charge in [-0.05, 0) is 110 Å². The summed E-state index contributed by atoms with van der Waals surface area (Å²) in [6, 6.07) is 0. The molecule has 0 radical (unpaired) electrons. The maximum Gasteiger partial charge on any atom is 0.309 e. The fraction of sp³-hybridized carbons (Fsp3) is 0.867.